The van der Waals surface area contributed by atoms with Crippen molar-refractivity contribution in [3.63, 3.8) is 0 Å². The average Bonchev–Trinajstić information content (AvgIpc) is 3.11. The Kier molecular flexibility index (Phi) is 4.11. The Morgan fingerprint density at radius 2 is 1.85 bits per heavy atom. The molecule has 0 aliphatic rings. The predicted octanol–water partition coefficient (Wildman–Crippen LogP) is 3.33. The van der Waals surface area contributed by atoms with E-state index < -0.39 is 5.82 Å². The van der Waals surface area contributed by atoms with Crippen LogP contribution in [0.2, 0.25) is 0 Å². The molecule has 0 saturated carbocycles. The molecule has 4 aromatic rings. The molecule has 130 valence electrons. The molecule has 2 aromatic heterocycles. The van der Waals surface area contributed by atoms with E-state index in [1.807, 2.05) is 24.3 Å². The van der Waals surface area contributed by atoms with Crippen LogP contribution in [-0.2, 0) is 0 Å². The van der Waals surface area contributed by atoms with Gasteiger partial charge in [-0.15, -0.1) is 0 Å². The van der Waals surface area contributed by atoms with E-state index in [9.17, 15) is 9.18 Å². The Morgan fingerprint density at radius 1 is 1.04 bits per heavy atom. The summed E-state index contributed by atoms with van der Waals surface area (Å²) in [7, 11) is 0. The number of nitrogens with two attached hydrogens (primary N) is 1. The van der Waals surface area contributed by atoms with Gasteiger partial charge in [-0.25, -0.2) is 13.9 Å². The van der Waals surface area contributed by atoms with Crippen molar-refractivity contribution in [2.24, 2.45) is 0 Å². The fourth-order valence-corrected chi connectivity index (χ4v) is 2.60. The first kappa shape index (κ1) is 16.5. The molecule has 2 N–H and O–H groups in total. The highest BCUT2D eigenvalue weighted by Gasteiger charge is 2.06. The number of carbonyl (C=O) groups excluding carboxylic acids is 1. The van der Waals surface area contributed by atoms with E-state index in [-0.39, 0.29) is 5.69 Å². The fourth-order valence-electron chi connectivity index (χ4n) is 2.60. The molecule has 0 aliphatic carbocycles. The van der Waals surface area contributed by atoms with Crippen molar-refractivity contribution in [1.29, 1.82) is 0 Å². The van der Waals surface area contributed by atoms with Gasteiger partial charge in [0.15, 0.2) is 5.65 Å². The van der Waals surface area contributed by atoms with Crippen molar-refractivity contribution in [1.82, 2.24) is 14.6 Å². The molecule has 0 fully saturated rings. The van der Waals surface area contributed by atoms with Crippen molar-refractivity contribution in [3.05, 3.63) is 83.4 Å². The molecule has 5 nitrogen and oxygen atoms in total. The summed E-state index contributed by atoms with van der Waals surface area (Å²) in [6, 6.07) is 15.2. The zero-order valence-corrected chi connectivity index (χ0v) is 14.1. The fraction of sp³-hybridized carbons (Fsp3) is 0. The quantitative estimate of drug-likeness (QED) is 0.340. The number of anilines is 1. The molecule has 27 heavy (non-hydrogen) atoms. The van der Waals surface area contributed by atoms with Gasteiger partial charge < -0.3 is 5.73 Å². The number of rotatable bonds is 2. The molecule has 4 rings (SSSR count). The lowest BCUT2D eigenvalue weighted by Gasteiger charge is -2.02. The molecule has 2 heterocycles. The highest BCUT2D eigenvalue weighted by atomic mass is 19.1. The molecule has 0 unspecified atom stereocenters. The van der Waals surface area contributed by atoms with Crippen LogP contribution in [0.1, 0.15) is 21.6 Å². The van der Waals surface area contributed by atoms with E-state index in [1.165, 1.54) is 12.1 Å². The first-order valence-corrected chi connectivity index (χ1v) is 8.11. The summed E-state index contributed by atoms with van der Waals surface area (Å²) >= 11 is 0. The maximum Gasteiger partial charge on any atom is 0.154 e. The van der Waals surface area contributed by atoms with Crippen LogP contribution >= 0.6 is 0 Å². The molecule has 0 saturated heterocycles. The number of benzene rings is 2. The highest BCUT2D eigenvalue weighted by molar-refractivity contribution is 5.76. The lowest BCUT2D eigenvalue weighted by Crippen LogP contribution is -1.97. The van der Waals surface area contributed by atoms with Crippen LogP contribution in [0.25, 0.3) is 16.9 Å². The summed E-state index contributed by atoms with van der Waals surface area (Å²) in [5, 5.41) is 4.58. The van der Waals surface area contributed by atoms with Crippen molar-refractivity contribution in [2.45, 2.75) is 0 Å². The number of imidazole rings is 1. The third kappa shape index (κ3) is 3.26. The van der Waals surface area contributed by atoms with Gasteiger partial charge in [0.25, 0.3) is 0 Å². The minimum Gasteiger partial charge on any atom is -0.396 e. The van der Waals surface area contributed by atoms with E-state index in [1.54, 1.807) is 28.9 Å². The second-order valence-corrected chi connectivity index (χ2v) is 5.86. The molecular formula is C21H13FN4O. The Labute approximate surface area is 154 Å². The number of nitrogens with zero attached hydrogens (tertiary/aromatic N) is 3. The SMILES string of the molecule is Nc1cc(C#Cc2cnc3ccc(-c4ccc(C=O)cc4)nn23)ccc1F. The third-order valence-corrected chi connectivity index (χ3v) is 4.04. The molecule has 0 bridgehead atoms. The molecule has 2 aromatic carbocycles. The Hall–Kier alpha value is -3.98. The molecule has 6 heteroatoms. The molecule has 0 atom stereocenters. The number of fused-ring (bicyclic) bond motifs is 1. The second kappa shape index (κ2) is 6.73. The van der Waals surface area contributed by atoms with E-state index >= 15 is 0 Å². The van der Waals surface area contributed by atoms with E-state index in [0.717, 1.165) is 17.5 Å². The van der Waals surface area contributed by atoms with Gasteiger partial charge >= 0.3 is 0 Å². The Bertz CT molecular complexity index is 1220. The second-order valence-electron chi connectivity index (χ2n) is 5.86. The van der Waals surface area contributed by atoms with Gasteiger partial charge in [-0.3, -0.25) is 4.79 Å². The van der Waals surface area contributed by atoms with Gasteiger partial charge in [0.05, 0.1) is 17.6 Å². The number of halogens is 1. The molecule has 0 aliphatic heterocycles. The summed E-state index contributed by atoms with van der Waals surface area (Å²) in [5.41, 5.74) is 9.69. The Balaban J connectivity index is 1.73. The van der Waals surface area contributed by atoms with Gasteiger partial charge in [0.2, 0.25) is 0 Å². The van der Waals surface area contributed by atoms with Gasteiger partial charge in [0, 0.05) is 16.7 Å². The maximum absolute atomic E-state index is 13.3. The minimum atomic E-state index is -0.470. The van der Waals surface area contributed by atoms with Gasteiger partial charge in [-0.1, -0.05) is 30.2 Å². The van der Waals surface area contributed by atoms with Gasteiger partial charge in [-0.2, -0.15) is 5.10 Å². The van der Waals surface area contributed by atoms with Crippen LogP contribution in [0, 0.1) is 17.7 Å². The van der Waals surface area contributed by atoms with Crippen LogP contribution < -0.4 is 5.73 Å². The maximum atomic E-state index is 13.3. The van der Waals surface area contributed by atoms with Crippen molar-refractivity contribution < 1.29 is 9.18 Å². The summed E-state index contributed by atoms with van der Waals surface area (Å²) in [6.45, 7) is 0. The number of nitrogen functional groups attached to an aromatic ring is 1. The zero-order chi connectivity index (χ0) is 18.8. The predicted molar refractivity (Wildman–Crippen MR) is 101 cm³/mol. The average molecular weight is 356 g/mol. The third-order valence-electron chi connectivity index (χ3n) is 4.04. The first-order chi connectivity index (χ1) is 13.1. The zero-order valence-electron chi connectivity index (χ0n) is 14.1. The smallest absolute Gasteiger partial charge is 0.154 e. The standard InChI is InChI=1S/C21H13FN4O/c22-18-8-4-14(11-19(18)23)3-7-17-12-24-21-10-9-20(25-26(17)21)16-5-1-15(13-27)2-6-16/h1-2,4-6,8-13H,23H2. The van der Waals surface area contributed by atoms with Crippen LogP contribution in [0.3, 0.4) is 0 Å². The number of hydrogen-bond acceptors (Lipinski definition) is 4. The normalized spacial score (nSPS) is 10.4. The van der Waals surface area contributed by atoms with Gasteiger partial charge in [0.1, 0.15) is 17.8 Å². The van der Waals surface area contributed by atoms with E-state index in [0.29, 0.717) is 22.5 Å². The Morgan fingerprint density at radius 3 is 2.59 bits per heavy atom. The van der Waals surface area contributed by atoms with Crippen molar-refractivity contribution in [2.75, 3.05) is 5.73 Å². The molecule has 0 radical (unpaired) electrons. The van der Waals surface area contributed by atoms with Crippen molar-refractivity contribution >= 4 is 17.6 Å². The monoisotopic (exact) mass is 356 g/mol. The highest BCUT2D eigenvalue weighted by Crippen LogP contribution is 2.18. The number of aldehydes is 1. The van der Waals surface area contributed by atoms with E-state index in [2.05, 4.69) is 21.9 Å². The summed E-state index contributed by atoms with van der Waals surface area (Å²) in [5.74, 6) is 5.47. The first-order valence-electron chi connectivity index (χ1n) is 8.11. The summed E-state index contributed by atoms with van der Waals surface area (Å²) in [4.78, 5) is 15.1. The lowest BCUT2D eigenvalue weighted by atomic mass is 10.1. The lowest BCUT2D eigenvalue weighted by molar-refractivity contribution is 0.112. The van der Waals surface area contributed by atoms with Crippen LogP contribution in [0.5, 0.6) is 0 Å². The van der Waals surface area contributed by atoms with E-state index in [4.69, 9.17) is 5.73 Å². The topological polar surface area (TPSA) is 73.3 Å². The minimum absolute atomic E-state index is 0.0547. The van der Waals surface area contributed by atoms with Crippen molar-refractivity contribution in [3.8, 4) is 23.1 Å². The van der Waals surface area contributed by atoms with Crippen LogP contribution in [-0.4, -0.2) is 20.9 Å². The van der Waals surface area contributed by atoms with Gasteiger partial charge in [-0.05, 0) is 36.3 Å². The largest absolute Gasteiger partial charge is 0.396 e. The van der Waals surface area contributed by atoms with Crippen LogP contribution in [0.4, 0.5) is 10.1 Å². The molecule has 0 amide bonds. The summed E-state index contributed by atoms with van der Waals surface area (Å²) < 4.78 is 14.9. The van der Waals surface area contributed by atoms with Crippen LogP contribution in [0.15, 0.2) is 60.8 Å². The number of hydrogen-bond donors (Lipinski definition) is 1. The summed E-state index contributed by atoms with van der Waals surface area (Å²) in [6.07, 6.45) is 2.42. The number of carbonyl (C=O) groups is 1. The molecular weight excluding hydrogens is 343 g/mol. The number of aromatic nitrogens is 3. The molecule has 0 spiro atoms.